The Morgan fingerprint density at radius 3 is 1.83 bits per heavy atom. The lowest BCUT2D eigenvalue weighted by Gasteiger charge is -1.82. The van der Waals surface area contributed by atoms with Crippen LogP contribution in [0.2, 0.25) is 0 Å². The van der Waals surface area contributed by atoms with Gasteiger partial charge in [0.15, 0.2) is 0 Å². The highest BCUT2D eigenvalue weighted by Crippen LogP contribution is 2.25. The van der Waals surface area contributed by atoms with E-state index >= 15 is 0 Å². The number of amides is 1. The highest BCUT2D eigenvalue weighted by molar-refractivity contribution is 7.45. The van der Waals surface area contributed by atoms with Gasteiger partial charge in [-0.15, -0.1) is 0 Å². The minimum absolute atomic E-state index is 0. The number of phosphoric acid groups is 1. The summed E-state index contributed by atoms with van der Waals surface area (Å²) in [4.78, 5) is 31.7. The molecule has 1 rings (SSSR count). The Labute approximate surface area is 69.6 Å². The first kappa shape index (κ1) is 14.1. The molecule has 0 aromatic heterocycles. The second kappa shape index (κ2) is 6.10. The second-order valence-corrected chi connectivity index (χ2v) is 2.99. The molecular formula is C4H13N2O5P. The molecule has 1 amide bonds. The second-order valence-electron chi connectivity index (χ2n) is 1.97. The van der Waals surface area contributed by atoms with E-state index in [9.17, 15) is 4.79 Å². The zero-order chi connectivity index (χ0) is 8.91. The van der Waals surface area contributed by atoms with Crippen molar-refractivity contribution in [2.75, 3.05) is 6.54 Å². The molecule has 74 valence electrons. The SMILES string of the molecule is N.O=C1CCCN1.O=P(O)(O)O. The first-order valence-corrected chi connectivity index (χ1v) is 4.51. The van der Waals surface area contributed by atoms with Crippen LogP contribution in [0, 0.1) is 0 Å². The van der Waals surface area contributed by atoms with E-state index in [0.717, 1.165) is 19.4 Å². The van der Waals surface area contributed by atoms with E-state index < -0.39 is 7.82 Å². The maximum Gasteiger partial charge on any atom is 0.466 e. The van der Waals surface area contributed by atoms with Crippen molar-refractivity contribution < 1.29 is 24.0 Å². The van der Waals surface area contributed by atoms with Crippen molar-refractivity contribution >= 4 is 13.7 Å². The molecule has 0 spiro atoms. The van der Waals surface area contributed by atoms with E-state index in [2.05, 4.69) is 5.32 Å². The predicted octanol–water partition coefficient (Wildman–Crippen LogP) is -0.870. The molecule has 8 heteroatoms. The third-order valence-electron chi connectivity index (χ3n) is 0.903. The van der Waals surface area contributed by atoms with Crippen LogP contribution >= 0.6 is 7.82 Å². The minimum Gasteiger partial charge on any atom is -0.356 e. The maximum atomic E-state index is 10.1. The molecule has 0 bridgehead atoms. The van der Waals surface area contributed by atoms with Crippen LogP contribution in [0.25, 0.3) is 0 Å². The third-order valence-corrected chi connectivity index (χ3v) is 0.903. The van der Waals surface area contributed by atoms with Crippen LogP contribution in [0.4, 0.5) is 0 Å². The van der Waals surface area contributed by atoms with E-state index in [1.165, 1.54) is 0 Å². The van der Waals surface area contributed by atoms with Gasteiger partial charge in [0.05, 0.1) is 0 Å². The Bertz CT molecular complexity index is 162. The highest BCUT2D eigenvalue weighted by atomic mass is 31.2. The zero-order valence-corrected chi connectivity index (χ0v) is 7.33. The van der Waals surface area contributed by atoms with Crippen LogP contribution in [0.15, 0.2) is 0 Å². The minimum atomic E-state index is -4.64. The smallest absolute Gasteiger partial charge is 0.356 e. The van der Waals surface area contributed by atoms with Crippen molar-refractivity contribution in [1.29, 1.82) is 0 Å². The molecule has 7 N–H and O–H groups in total. The van der Waals surface area contributed by atoms with Crippen LogP contribution < -0.4 is 11.5 Å². The molecule has 1 fully saturated rings. The summed E-state index contributed by atoms with van der Waals surface area (Å²) in [6.45, 7) is 0.888. The molecular weight excluding hydrogens is 187 g/mol. The van der Waals surface area contributed by atoms with Crippen molar-refractivity contribution in [3.05, 3.63) is 0 Å². The molecule has 0 saturated carbocycles. The number of carbonyl (C=O) groups is 1. The molecule has 1 heterocycles. The fourth-order valence-corrected chi connectivity index (χ4v) is 0.565. The van der Waals surface area contributed by atoms with E-state index in [0.29, 0.717) is 0 Å². The van der Waals surface area contributed by atoms with Gasteiger partial charge >= 0.3 is 7.82 Å². The van der Waals surface area contributed by atoms with Gasteiger partial charge in [0.1, 0.15) is 0 Å². The lowest BCUT2D eigenvalue weighted by molar-refractivity contribution is -0.119. The molecule has 0 aromatic carbocycles. The van der Waals surface area contributed by atoms with Crippen LogP contribution in [0.5, 0.6) is 0 Å². The summed E-state index contributed by atoms with van der Waals surface area (Å²) in [7, 11) is -4.64. The standard InChI is InChI=1S/C4H7NO.H3N.H3O4P/c6-4-2-1-3-5-4;;1-5(2,3)4/h1-3H2,(H,5,6);1H3;(H3,1,2,3,4). The summed E-state index contributed by atoms with van der Waals surface area (Å²) in [5, 5.41) is 2.68. The number of carbonyl (C=O) groups excluding carboxylic acids is 1. The molecule has 7 nitrogen and oxygen atoms in total. The van der Waals surface area contributed by atoms with Crippen molar-refractivity contribution in [1.82, 2.24) is 11.5 Å². The third kappa shape index (κ3) is 16.3. The average Bonchev–Trinajstić information content (AvgIpc) is 2.12. The monoisotopic (exact) mass is 200 g/mol. The van der Waals surface area contributed by atoms with Crippen molar-refractivity contribution in [3.63, 3.8) is 0 Å². The summed E-state index contributed by atoms with van der Waals surface area (Å²) < 4.78 is 8.88. The number of rotatable bonds is 0. The Morgan fingerprint density at radius 2 is 1.75 bits per heavy atom. The summed E-state index contributed by atoms with van der Waals surface area (Å²) in [5.41, 5.74) is 0. The number of hydrogen-bond acceptors (Lipinski definition) is 3. The topological polar surface area (TPSA) is 142 Å². The predicted molar refractivity (Wildman–Crippen MR) is 41.5 cm³/mol. The first-order valence-electron chi connectivity index (χ1n) is 2.94. The van der Waals surface area contributed by atoms with Crippen molar-refractivity contribution in [3.8, 4) is 0 Å². The van der Waals surface area contributed by atoms with Crippen LogP contribution in [-0.4, -0.2) is 27.1 Å². The zero-order valence-electron chi connectivity index (χ0n) is 6.43. The average molecular weight is 200 g/mol. The van der Waals surface area contributed by atoms with E-state index in [1.54, 1.807) is 0 Å². The summed E-state index contributed by atoms with van der Waals surface area (Å²) in [5.74, 6) is 0.204. The van der Waals surface area contributed by atoms with Gasteiger partial charge in [-0.05, 0) is 6.42 Å². The molecule has 0 radical (unpaired) electrons. The van der Waals surface area contributed by atoms with Crippen LogP contribution in [0.1, 0.15) is 12.8 Å². The van der Waals surface area contributed by atoms with Gasteiger partial charge in [-0.2, -0.15) is 0 Å². The molecule has 0 aliphatic carbocycles. The molecule has 12 heavy (non-hydrogen) atoms. The molecule has 1 aliphatic rings. The normalized spacial score (nSPS) is 15.4. The molecule has 0 atom stereocenters. The van der Waals surface area contributed by atoms with Gasteiger partial charge in [0.2, 0.25) is 5.91 Å². The van der Waals surface area contributed by atoms with Gasteiger partial charge in [0, 0.05) is 13.0 Å². The molecule has 1 saturated heterocycles. The Kier molecular flexibility index (Phi) is 7.16. The molecule has 0 unspecified atom stereocenters. The van der Waals surface area contributed by atoms with Gasteiger partial charge in [-0.3, -0.25) is 4.79 Å². The fraction of sp³-hybridized carbons (Fsp3) is 0.750. The van der Waals surface area contributed by atoms with Crippen LogP contribution in [0.3, 0.4) is 0 Å². The number of nitrogens with one attached hydrogen (secondary N) is 1. The molecule has 1 aliphatic heterocycles. The largest absolute Gasteiger partial charge is 0.466 e. The van der Waals surface area contributed by atoms with Crippen molar-refractivity contribution in [2.45, 2.75) is 12.8 Å². The summed E-state index contributed by atoms with van der Waals surface area (Å²) in [6.07, 6.45) is 1.76. The highest BCUT2D eigenvalue weighted by Gasteiger charge is 2.05. The Morgan fingerprint density at radius 1 is 1.33 bits per heavy atom. The quantitative estimate of drug-likeness (QED) is 0.322. The summed E-state index contributed by atoms with van der Waals surface area (Å²) >= 11 is 0. The Balaban J connectivity index is 0. The fourth-order valence-electron chi connectivity index (χ4n) is 0.565. The molecule has 0 aromatic rings. The van der Waals surface area contributed by atoms with Gasteiger partial charge < -0.3 is 26.1 Å². The van der Waals surface area contributed by atoms with Crippen LogP contribution in [-0.2, 0) is 9.36 Å². The van der Waals surface area contributed by atoms with Gasteiger partial charge in [-0.25, -0.2) is 4.57 Å². The Hall–Kier alpha value is -0.460. The summed E-state index contributed by atoms with van der Waals surface area (Å²) in [6, 6.07) is 0. The van der Waals surface area contributed by atoms with Gasteiger partial charge in [0.25, 0.3) is 0 Å². The lowest BCUT2D eigenvalue weighted by Crippen LogP contribution is -2.12. The van der Waals surface area contributed by atoms with E-state index in [1.807, 2.05) is 0 Å². The van der Waals surface area contributed by atoms with E-state index in [-0.39, 0.29) is 12.1 Å². The van der Waals surface area contributed by atoms with E-state index in [4.69, 9.17) is 19.2 Å². The first-order chi connectivity index (χ1) is 4.89. The van der Waals surface area contributed by atoms with Gasteiger partial charge in [-0.1, -0.05) is 0 Å². The lowest BCUT2D eigenvalue weighted by atomic mass is 10.4. The number of hydrogen-bond donors (Lipinski definition) is 5. The maximum absolute atomic E-state index is 10.1. The van der Waals surface area contributed by atoms with Crippen molar-refractivity contribution in [2.24, 2.45) is 0 Å².